The van der Waals surface area contributed by atoms with Crippen molar-refractivity contribution in [3.05, 3.63) is 53.3 Å². The molecule has 1 aliphatic rings. The summed E-state index contributed by atoms with van der Waals surface area (Å²) in [5, 5.41) is -0.144. The van der Waals surface area contributed by atoms with Gasteiger partial charge in [-0.1, -0.05) is 12.1 Å². The van der Waals surface area contributed by atoms with Crippen LogP contribution in [0.1, 0.15) is 42.7 Å². The molecule has 1 saturated carbocycles. The van der Waals surface area contributed by atoms with Crippen molar-refractivity contribution in [2.24, 2.45) is 0 Å². The smallest absolute Gasteiger partial charge is 0.416 e. The zero-order chi connectivity index (χ0) is 20.7. The second-order valence-corrected chi connectivity index (χ2v) is 9.29. The normalized spacial score (nSPS) is 16.7. The first-order valence-corrected chi connectivity index (χ1v) is 10.4. The molecule has 1 aromatic carbocycles. The Morgan fingerprint density at radius 2 is 1.86 bits per heavy atom. The summed E-state index contributed by atoms with van der Waals surface area (Å²) < 4.78 is 70.1. The Morgan fingerprint density at radius 3 is 2.43 bits per heavy atom. The molecule has 1 fully saturated rings. The summed E-state index contributed by atoms with van der Waals surface area (Å²) in [4.78, 5) is 2.06. The number of nitrogens with zero attached hydrogens (tertiary/aromatic N) is 2. The molecule has 0 N–H and O–H groups in total. The maximum absolute atomic E-state index is 13.0. The van der Waals surface area contributed by atoms with Gasteiger partial charge in [-0.05, 0) is 49.6 Å². The Labute approximate surface area is 162 Å². The molecule has 0 radical (unpaired) electrons. The summed E-state index contributed by atoms with van der Waals surface area (Å²) in [6, 6.07) is 8.30. The lowest BCUT2D eigenvalue weighted by Gasteiger charge is -2.29. The monoisotopic (exact) mass is 416 g/mol. The molecule has 2 aromatic rings. The highest BCUT2D eigenvalue weighted by atomic mass is 32.2. The van der Waals surface area contributed by atoms with Crippen molar-refractivity contribution in [1.82, 2.24) is 9.21 Å². The van der Waals surface area contributed by atoms with E-state index in [-0.39, 0.29) is 17.2 Å². The molecule has 1 heterocycles. The quantitative estimate of drug-likeness (QED) is 0.676. The van der Waals surface area contributed by atoms with Gasteiger partial charge in [0.25, 0.3) is 10.0 Å². The van der Waals surface area contributed by atoms with Crippen LogP contribution in [-0.2, 0) is 22.7 Å². The summed E-state index contributed by atoms with van der Waals surface area (Å²) in [7, 11) is -0.827. The molecule has 1 unspecified atom stereocenters. The topological polar surface area (TPSA) is 53.8 Å². The second-order valence-electron chi connectivity index (χ2n) is 7.21. The number of rotatable bonds is 7. The highest BCUT2D eigenvalue weighted by Crippen LogP contribution is 2.38. The third kappa shape index (κ3) is 4.42. The van der Waals surface area contributed by atoms with E-state index in [1.54, 1.807) is 12.1 Å². The van der Waals surface area contributed by atoms with E-state index in [0.29, 0.717) is 17.9 Å². The molecule has 1 aliphatic carbocycles. The highest BCUT2D eigenvalue weighted by molar-refractivity contribution is 7.88. The summed E-state index contributed by atoms with van der Waals surface area (Å²) in [5.41, 5.74) is -0.112. The van der Waals surface area contributed by atoms with Crippen LogP contribution in [-0.4, -0.2) is 37.8 Å². The zero-order valence-electron chi connectivity index (χ0n) is 15.9. The van der Waals surface area contributed by atoms with Gasteiger partial charge in [-0.15, -0.1) is 0 Å². The fraction of sp³-hybridized carbons (Fsp3) is 0.474. The summed E-state index contributed by atoms with van der Waals surface area (Å²) in [6.07, 6.45) is -2.49. The van der Waals surface area contributed by atoms with Crippen LogP contribution in [0.25, 0.3) is 0 Å². The van der Waals surface area contributed by atoms with Crippen LogP contribution < -0.4 is 0 Å². The Morgan fingerprint density at radius 1 is 1.18 bits per heavy atom. The molecule has 0 saturated heterocycles. The molecule has 0 amide bonds. The van der Waals surface area contributed by atoms with Crippen LogP contribution in [0.4, 0.5) is 13.2 Å². The van der Waals surface area contributed by atoms with Gasteiger partial charge in [-0.3, -0.25) is 4.90 Å². The SMILES string of the molecule is CC(c1cccc(C(F)(F)F)c1)N(Cc1ccc(S(=O)(=O)N(C)C)o1)C1CC1. The maximum Gasteiger partial charge on any atom is 0.416 e. The number of halogens is 3. The first kappa shape index (κ1) is 20.9. The predicted molar refractivity (Wildman–Crippen MR) is 98.0 cm³/mol. The number of furan rings is 1. The van der Waals surface area contributed by atoms with Crippen LogP contribution >= 0.6 is 0 Å². The van der Waals surface area contributed by atoms with E-state index in [0.717, 1.165) is 23.2 Å². The molecule has 28 heavy (non-hydrogen) atoms. The standard InChI is InChI=1S/C19H23F3N2O3S/c1-13(14-5-4-6-15(11-14)19(20,21)22)24(16-7-8-16)12-17-9-10-18(27-17)28(25,26)23(2)3/h4-6,9-11,13,16H,7-8,12H2,1-3H3. The first-order valence-electron chi connectivity index (χ1n) is 8.94. The van der Waals surface area contributed by atoms with Crippen LogP contribution in [0.5, 0.6) is 0 Å². The minimum atomic E-state index is -4.39. The average molecular weight is 416 g/mol. The molecule has 1 atom stereocenters. The molecule has 154 valence electrons. The van der Waals surface area contributed by atoms with Crippen LogP contribution in [0, 0.1) is 0 Å². The minimum absolute atomic E-state index is 0.144. The van der Waals surface area contributed by atoms with E-state index in [1.165, 1.54) is 32.3 Å². The molecule has 3 rings (SSSR count). The fourth-order valence-corrected chi connectivity index (χ4v) is 3.91. The number of sulfonamides is 1. The molecule has 1 aromatic heterocycles. The lowest BCUT2D eigenvalue weighted by atomic mass is 10.0. The van der Waals surface area contributed by atoms with Crippen molar-refractivity contribution >= 4 is 10.0 Å². The van der Waals surface area contributed by atoms with E-state index in [1.807, 2.05) is 6.92 Å². The maximum atomic E-state index is 13.0. The molecule has 0 aliphatic heterocycles. The van der Waals surface area contributed by atoms with Gasteiger partial charge in [0.05, 0.1) is 12.1 Å². The third-order valence-electron chi connectivity index (χ3n) is 4.92. The van der Waals surface area contributed by atoms with Gasteiger partial charge in [-0.25, -0.2) is 12.7 Å². The van der Waals surface area contributed by atoms with Gasteiger partial charge in [0.2, 0.25) is 5.09 Å². The Balaban J connectivity index is 1.83. The van der Waals surface area contributed by atoms with Crippen molar-refractivity contribution in [1.29, 1.82) is 0 Å². The number of hydrogen-bond donors (Lipinski definition) is 0. The van der Waals surface area contributed by atoms with E-state index in [2.05, 4.69) is 4.90 Å². The molecule has 0 bridgehead atoms. The average Bonchev–Trinajstić information content (AvgIpc) is 3.35. The lowest BCUT2D eigenvalue weighted by molar-refractivity contribution is -0.137. The molecule has 9 heteroatoms. The molecule has 5 nitrogen and oxygen atoms in total. The van der Waals surface area contributed by atoms with Crippen LogP contribution in [0.2, 0.25) is 0 Å². The Hall–Kier alpha value is -1.84. The summed E-state index contributed by atoms with van der Waals surface area (Å²) in [5.74, 6) is 0.464. The van der Waals surface area contributed by atoms with Crippen LogP contribution in [0.15, 0.2) is 45.9 Å². The fourth-order valence-electron chi connectivity index (χ4n) is 3.10. The Bertz CT molecular complexity index is 934. The van der Waals surface area contributed by atoms with E-state index in [9.17, 15) is 21.6 Å². The molecular formula is C19H23F3N2O3S. The molecular weight excluding hydrogens is 393 g/mol. The van der Waals surface area contributed by atoms with Crippen molar-refractivity contribution < 1.29 is 26.0 Å². The third-order valence-corrected chi connectivity index (χ3v) is 6.61. The van der Waals surface area contributed by atoms with E-state index in [4.69, 9.17) is 4.42 Å². The van der Waals surface area contributed by atoms with Crippen molar-refractivity contribution in [2.45, 2.75) is 49.7 Å². The van der Waals surface area contributed by atoms with Crippen LogP contribution in [0.3, 0.4) is 0 Å². The predicted octanol–water partition coefficient (Wildman–Crippen LogP) is 4.27. The Kier molecular flexibility index (Phi) is 5.62. The highest BCUT2D eigenvalue weighted by Gasteiger charge is 2.35. The van der Waals surface area contributed by atoms with Crippen molar-refractivity contribution in [3.8, 4) is 0 Å². The number of hydrogen-bond acceptors (Lipinski definition) is 4. The van der Waals surface area contributed by atoms with Gasteiger partial charge >= 0.3 is 6.18 Å². The van der Waals surface area contributed by atoms with Gasteiger partial charge in [0.15, 0.2) is 0 Å². The van der Waals surface area contributed by atoms with Gasteiger partial charge in [0.1, 0.15) is 5.76 Å². The number of benzene rings is 1. The second kappa shape index (κ2) is 7.53. The summed E-state index contributed by atoms with van der Waals surface area (Å²) in [6.45, 7) is 2.18. The van der Waals surface area contributed by atoms with Gasteiger partial charge < -0.3 is 4.42 Å². The minimum Gasteiger partial charge on any atom is -0.447 e. The van der Waals surface area contributed by atoms with E-state index >= 15 is 0 Å². The van der Waals surface area contributed by atoms with E-state index < -0.39 is 21.8 Å². The largest absolute Gasteiger partial charge is 0.447 e. The molecule has 0 spiro atoms. The lowest BCUT2D eigenvalue weighted by Crippen LogP contribution is -2.29. The van der Waals surface area contributed by atoms with Crippen molar-refractivity contribution in [2.75, 3.05) is 14.1 Å². The first-order chi connectivity index (χ1) is 13.0. The van der Waals surface area contributed by atoms with Crippen molar-refractivity contribution in [3.63, 3.8) is 0 Å². The zero-order valence-corrected chi connectivity index (χ0v) is 16.7. The number of alkyl halides is 3. The van der Waals surface area contributed by atoms with Gasteiger partial charge in [-0.2, -0.15) is 13.2 Å². The summed E-state index contributed by atoms with van der Waals surface area (Å²) >= 11 is 0. The van der Waals surface area contributed by atoms with Gasteiger partial charge in [0, 0.05) is 26.2 Å².